The smallest absolute Gasteiger partial charge is 0.250 e. The van der Waals surface area contributed by atoms with Gasteiger partial charge in [0, 0.05) is 44.2 Å². The topological polar surface area (TPSA) is 102 Å². The standard InChI is InChI=1S/C18H23N7O2S2/c1-11-7-15(28-18(11)29(26,27)23-13-3-4-13)22-16-17-20-9-14(25(17)6-5-19-16)12-8-21-24(2)10-12/h5-8,12-14,23H,3-4,9-10H2,1-2H3,(H,19,22). The molecule has 9 nitrogen and oxygen atoms in total. The van der Waals surface area contributed by atoms with Crippen molar-refractivity contribution in [3.63, 3.8) is 0 Å². The molecule has 0 amide bonds. The molecule has 2 atom stereocenters. The second-order valence-electron chi connectivity index (χ2n) is 7.79. The number of aryl methyl sites for hydroxylation is 1. The van der Waals surface area contributed by atoms with Crippen molar-refractivity contribution in [1.82, 2.24) is 14.6 Å². The highest BCUT2D eigenvalue weighted by molar-refractivity contribution is 7.91. The molecular formula is C18H23N7O2S2. The zero-order valence-corrected chi connectivity index (χ0v) is 17.9. The Balaban J connectivity index is 1.33. The maximum absolute atomic E-state index is 12.6. The number of aliphatic imine (C=N–C) groups is 2. The Labute approximate surface area is 174 Å². The van der Waals surface area contributed by atoms with Crippen LogP contribution < -0.4 is 10.0 Å². The van der Waals surface area contributed by atoms with Gasteiger partial charge in [0.05, 0.1) is 17.6 Å². The van der Waals surface area contributed by atoms with E-state index in [-0.39, 0.29) is 12.1 Å². The number of nitrogens with one attached hydrogen (secondary N) is 2. The summed E-state index contributed by atoms with van der Waals surface area (Å²) in [7, 11) is -1.51. The van der Waals surface area contributed by atoms with Crippen molar-refractivity contribution in [2.75, 3.05) is 25.5 Å². The summed E-state index contributed by atoms with van der Waals surface area (Å²) >= 11 is 1.22. The summed E-state index contributed by atoms with van der Waals surface area (Å²) < 4.78 is 28.3. The summed E-state index contributed by atoms with van der Waals surface area (Å²) in [5.41, 5.74) is 0.728. The van der Waals surface area contributed by atoms with Crippen LogP contribution in [-0.4, -0.2) is 68.4 Å². The summed E-state index contributed by atoms with van der Waals surface area (Å²) in [6, 6.07) is 2.15. The molecule has 2 N–H and O–H groups in total. The number of sulfonamides is 1. The van der Waals surface area contributed by atoms with E-state index >= 15 is 0 Å². The average molecular weight is 434 g/mol. The molecule has 0 bridgehead atoms. The molecule has 154 valence electrons. The third kappa shape index (κ3) is 3.58. The maximum Gasteiger partial charge on any atom is 0.250 e. The van der Waals surface area contributed by atoms with Crippen molar-refractivity contribution in [2.24, 2.45) is 21.0 Å². The van der Waals surface area contributed by atoms with Gasteiger partial charge in [0.15, 0.2) is 11.7 Å². The first kappa shape index (κ1) is 18.8. The van der Waals surface area contributed by atoms with E-state index in [1.54, 1.807) is 6.20 Å². The molecule has 11 heteroatoms. The summed E-state index contributed by atoms with van der Waals surface area (Å²) in [6.45, 7) is 3.37. The highest BCUT2D eigenvalue weighted by Crippen LogP contribution is 2.33. The fourth-order valence-electron chi connectivity index (χ4n) is 3.76. The predicted molar refractivity (Wildman–Crippen MR) is 115 cm³/mol. The molecular weight excluding hydrogens is 410 g/mol. The van der Waals surface area contributed by atoms with Crippen LogP contribution in [0, 0.1) is 12.8 Å². The van der Waals surface area contributed by atoms with Crippen LogP contribution in [-0.2, 0) is 10.0 Å². The lowest BCUT2D eigenvalue weighted by atomic mass is 10.0. The molecule has 3 aliphatic heterocycles. The van der Waals surface area contributed by atoms with Gasteiger partial charge in [0.1, 0.15) is 4.21 Å². The maximum atomic E-state index is 12.6. The van der Waals surface area contributed by atoms with Crippen molar-refractivity contribution in [2.45, 2.75) is 36.1 Å². The van der Waals surface area contributed by atoms with Crippen LogP contribution in [0.1, 0.15) is 18.4 Å². The fourth-order valence-corrected chi connectivity index (χ4v) is 6.68. The van der Waals surface area contributed by atoms with Crippen LogP contribution in [0.5, 0.6) is 0 Å². The lowest BCUT2D eigenvalue weighted by Crippen LogP contribution is -2.44. The number of anilines is 1. The van der Waals surface area contributed by atoms with Crippen LogP contribution in [0.4, 0.5) is 5.00 Å². The first-order chi connectivity index (χ1) is 13.9. The number of hydrogen-bond acceptors (Lipinski definition) is 9. The molecule has 1 aromatic rings. The minimum atomic E-state index is -3.48. The molecule has 29 heavy (non-hydrogen) atoms. The summed E-state index contributed by atoms with van der Waals surface area (Å²) in [5.74, 6) is 1.73. The Kier molecular flexibility index (Phi) is 4.48. The normalized spacial score (nSPS) is 26.0. The van der Waals surface area contributed by atoms with E-state index in [0.717, 1.165) is 35.8 Å². The van der Waals surface area contributed by atoms with Crippen molar-refractivity contribution in [3.8, 4) is 0 Å². The van der Waals surface area contributed by atoms with Crippen molar-refractivity contribution in [3.05, 3.63) is 24.0 Å². The number of amidine groups is 2. The van der Waals surface area contributed by atoms with Gasteiger partial charge in [0.2, 0.25) is 0 Å². The molecule has 4 heterocycles. The molecule has 0 saturated heterocycles. The molecule has 1 aliphatic carbocycles. The molecule has 0 spiro atoms. The minimum absolute atomic E-state index is 0.0854. The number of fused-ring (bicyclic) bond motifs is 1. The van der Waals surface area contributed by atoms with E-state index in [0.29, 0.717) is 22.5 Å². The first-order valence-electron chi connectivity index (χ1n) is 9.63. The van der Waals surface area contributed by atoms with Crippen molar-refractivity contribution < 1.29 is 8.42 Å². The number of hydrogen-bond donors (Lipinski definition) is 2. The Bertz CT molecular complexity index is 1050. The van der Waals surface area contributed by atoms with Crippen LogP contribution in [0.15, 0.2) is 37.8 Å². The van der Waals surface area contributed by atoms with Crippen LogP contribution in [0.25, 0.3) is 0 Å². The lowest BCUT2D eigenvalue weighted by Gasteiger charge is -2.29. The van der Waals surface area contributed by atoms with E-state index in [1.165, 1.54) is 11.3 Å². The molecule has 5 rings (SSSR count). The van der Waals surface area contributed by atoms with E-state index < -0.39 is 10.0 Å². The largest absolute Gasteiger partial charge is 0.329 e. The second-order valence-corrected chi connectivity index (χ2v) is 10.7. The Morgan fingerprint density at radius 2 is 2.14 bits per heavy atom. The molecule has 1 fully saturated rings. The summed E-state index contributed by atoms with van der Waals surface area (Å²) in [6.07, 6.45) is 7.51. The minimum Gasteiger partial charge on any atom is -0.329 e. The van der Waals surface area contributed by atoms with Crippen LogP contribution in [0.3, 0.4) is 0 Å². The number of rotatable bonds is 5. The van der Waals surface area contributed by atoms with Gasteiger partial charge in [0.25, 0.3) is 10.0 Å². The summed E-state index contributed by atoms with van der Waals surface area (Å²) in [4.78, 5) is 11.3. The van der Waals surface area contributed by atoms with Crippen molar-refractivity contribution >= 4 is 44.2 Å². The number of hydrazone groups is 1. The van der Waals surface area contributed by atoms with Crippen LogP contribution in [0.2, 0.25) is 0 Å². The zero-order valence-electron chi connectivity index (χ0n) is 16.2. The number of thiophene rings is 1. The highest BCUT2D eigenvalue weighted by Gasteiger charge is 2.37. The lowest BCUT2D eigenvalue weighted by molar-refractivity contribution is 0.299. The van der Waals surface area contributed by atoms with Gasteiger partial charge < -0.3 is 10.2 Å². The summed E-state index contributed by atoms with van der Waals surface area (Å²) in [5, 5.41) is 10.3. The van der Waals surface area contributed by atoms with Crippen LogP contribution >= 0.6 is 11.3 Å². The van der Waals surface area contributed by atoms with E-state index in [2.05, 4.69) is 25.0 Å². The van der Waals surface area contributed by atoms with E-state index in [1.807, 2.05) is 37.5 Å². The number of nitrogens with zero attached hydrogens (tertiary/aromatic N) is 5. The molecule has 1 saturated carbocycles. The Morgan fingerprint density at radius 1 is 1.31 bits per heavy atom. The van der Waals surface area contributed by atoms with Gasteiger partial charge in [-0.3, -0.25) is 10.0 Å². The molecule has 2 unspecified atom stereocenters. The van der Waals surface area contributed by atoms with Gasteiger partial charge in [-0.05, 0) is 31.4 Å². The van der Waals surface area contributed by atoms with Gasteiger partial charge in [-0.2, -0.15) is 5.10 Å². The van der Waals surface area contributed by atoms with E-state index in [9.17, 15) is 8.42 Å². The third-order valence-electron chi connectivity index (χ3n) is 5.35. The van der Waals surface area contributed by atoms with Gasteiger partial charge >= 0.3 is 0 Å². The van der Waals surface area contributed by atoms with Gasteiger partial charge in [-0.15, -0.1) is 11.3 Å². The fraction of sp³-hybridized carbons (Fsp3) is 0.500. The quantitative estimate of drug-likeness (QED) is 0.731. The molecule has 0 aromatic carbocycles. The third-order valence-corrected chi connectivity index (χ3v) is 8.66. The van der Waals surface area contributed by atoms with Crippen molar-refractivity contribution in [1.29, 1.82) is 0 Å². The molecule has 1 aromatic heterocycles. The molecule has 4 aliphatic rings. The van der Waals surface area contributed by atoms with Gasteiger partial charge in [-0.1, -0.05) is 0 Å². The highest BCUT2D eigenvalue weighted by atomic mass is 32.2. The Hall–Kier alpha value is -2.24. The monoisotopic (exact) mass is 433 g/mol. The Morgan fingerprint density at radius 3 is 2.86 bits per heavy atom. The SMILES string of the molecule is Cc1cc(NC2=NC=CN3C2=NCC3C2C=NN(C)C2)sc1S(=O)(=O)NC1CC1. The first-order valence-corrected chi connectivity index (χ1v) is 11.9. The van der Waals surface area contributed by atoms with Gasteiger partial charge in [-0.25, -0.2) is 18.1 Å². The average Bonchev–Trinajstić information content (AvgIpc) is 3.05. The zero-order chi connectivity index (χ0) is 20.2. The van der Waals surface area contributed by atoms with E-state index in [4.69, 9.17) is 4.99 Å². The second kappa shape index (κ2) is 6.92. The predicted octanol–water partition coefficient (Wildman–Crippen LogP) is 1.42. The molecule has 0 radical (unpaired) electrons.